The van der Waals surface area contributed by atoms with Crippen LogP contribution in [0.3, 0.4) is 0 Å². The molecule has 0 atom stereocenters. The number of nitriles is 1. The summed E-state index contributed by atoms with van der Waals surface area (Å²) in [6.07, 6.45) is 1.60. The number of anilines is 1. The van der Waals surface area contributed by atoms with E-state index in [-0.39, 0.29) is 5.75 Å². The number of aromatic hydroxyl groups is 1. The van der Waals surface area contributed by atoms with E-state index in [2.05, 4.69) is 21.6 Å². The maximum absolute atomic E-state index is 9.50. The van der Waals surface area contributed by atoms with E-state index in [1.54, 1.807) is 31.5 Å². The molecule has 2 N–H and O–H groups in total. The molecule has 0 saturated heterocycles. The number of benzene rings is 1. The predicted molar refractivity (Wildman–Crippen MR) is 96.4 cm³/mol. The van der Waals surface area contributed by atoms with E-state index in [1.807, 2.05) is 35.6 Å². The van der Waals surface area contributed by atoms with Crippen molar-refractivity contribution in [3.05, 3.63) is 50.2 Å². The number of rotatable bonds is 5. The Hall–Kier alpha value is -2.18. The highest BCUT2D eigenvalue weighted by Crippen LogP contribution is 2.20. The lowest BCUT2D eigenvalue weighted by molar-refractivity contribution is 0.184. The predicted octanol–water partition coefficient (Wildman–Crippen LogP) is 3.16. The summed E-state index contributed by atoms with van der Waals surface area (Å²) >= 11 is 2.04. The monoisotopic (exact) mass is 422 g/mol. The molecule has 6 nitrogen and oxygen atoms in total. The average molecular weight is 422 g/mol. The summed E-state index contributed by atoms with van der Waals surface area (Å²) in [5, 5.41) is 23.0. The van der Waals surface area contributed by atoms with Crippen molar-refractivity contribution >= 4 is 34.6 Å². The fourth-order valence-corrected chi connectivity index (χ4v) is 2.53. The number of phenols is 1. The number of hydrogen-bond donors (Lipinski definition) is 2. The van der Waals surface area contributed by atoms with Gasteiger partial charge in [-0.1, -0.05) is 0 Å². The third-order valence-corrected chi connectivity index (χ3v) is 3.86. The molecule has 0 spiro atoms. The van der Waals surface area contributed by atoms with Gasteiger partial charge in [-0.25, -0.2) is 4.98 Å². The first-order chi connectivity index (χ1) is 11.0. The lowest BCUT2D eigenvalue weighted by atomic mass is 10.1. The summed E-state index contributed by atoms with van der Waals surface area (Å²) in [5.74, 6) is 0.622. The number of nitrogens with zero attached hydrogens (tertiary/aromatic N) is 3. The molecule has 0 fully saturated rings. The van der Waals surface area contributed by atoms with Gasteiger partial charge >= 0.3 is 0 Å². The second-order valence-corrected chi connectivity index (χ2v) is 5.93. The lowest BCUT2D eigenvalue weighted by Gasteiger charge is -2.09. The van der Waals surface area contributed by atoms with Gasteiger partial charge < -0.3 is 9.84 Å². The topological polar surface area (TPSA) is 90.5 Å². The molecule has 0 radical (unpaired) electrons. The van der Waals surface area contributed by atoms with Crippen LogP contribution in [0.1, 0.15) is 22.4 Å². The summed E-state index contributed by atoms with van der Waals surface area (Å²) in [6, 6.07) is 9.09. The van der Waals surface area contributed by atoms with E-state index in [9.17, 15) is 10.4 Å². The molecule has 0 aliphatic carbocycles. The Morgan fingerprint density at radius 3 is 2.91 bits per heavy atom. The van der Waals surface area contributed by atoms with Gasteiger partial charge in [-0.15, -0.1) is 0 Å². The number of nitrogens with one attached hydrogen (secondary N) is 1. The van der Waals surface area contributed by atoms with Crippen molar-refractivity contribution in [2.24, 2.45) is 5.10 Å². The van der Waals surface area contributed by atoms with Crippen LogP contribution >= 0.6 is 22.6 Å². The molecular weight excluding hydrogens is 407 g/mol. The highest BCUT2D eigenvalue weighted by atomic mass is 127. The molecule has 2 rings (SSSR count). The zero-order valence-electron chi connectivity index (χ0n) is 12.7. The van der Waals surface area contributed by atoms with E-state index in [0.717, 1.165) is 20.4 Å². The molecular formula is C16H15IN4O2. The Morgan fingerprint density at radius 1 is 1.48 bits per heavy atom. The van der Waals surface area contributed by atoms with Crippen LogP contribution in [0.5, 0.6) is 5.75 Å². The SMILES string of the molecule is COCc1cc(C)nc(NN=Cc2ccc(O)c(I)c2)c1C#N. The Labute approximate surface area is 148 Å². The number of hydrazone groups is 1. The van der Waals surface area contributed by atoms with Gasteiger partial charge in [0.25, 0.3) is 0 Å². The Balaban J connectivity index is 2.24. The molecule has 118 valence electrons. The molecule has 1 heterocycles. The molecule has 7 heteroatoms. The second-order valence-electron chi connectivity index (χ2n) is 4.77. The maximum atomic E-state index is 9.50. The highest BCUT2D eigenvalue weighted by molar-refractivity contribution is 14.1. The molecule has 0 aliphatic heterocycles. The average Bonchev–Trinajstić information content (AvgIpc) is 2.51. The van der Waals surface area contributed by atoms with Crippen molar-refractivity contribution < 1.29 is 9.84 Å². The fourth-order valence-electron chi connectivity index (χ4n) is 1.99. The number of aryl methyl sites for hydroxylation is 1. The summed E-state index contributed by atoms with van der Waals surface area (Å²) in [7, 11) is 1.58. The van der Waals surface area contributed by atoms with Crippen LogP contribution < -0.4 is 5.43 Å². The maximum Gasteiger partial charge on any atom is 0.164 e. The minimum Gasteiger partial charge on any atom is -0.507 e. The fraction of sp³-hybridized carbons (Fsp3) is 0.188. The molecule has 0 bridgehead atoms. The van der Waals surface area contributed by atoms with Gasteiger partial charge in [-0.05, 0) is 59.3 Å². The molecule has 23 heavy (non-hydrogen) atoms. The minimum absolute atomic E-state index is 0.229. The van der Waals surface area contributed by atoms with Crippen LogP contribution in [0.25, 0.3) is 0 Å². The molecule has 0 unspecified atom stereocenters. The zero-order valence-corrected chi connectivity index (χ0v) is 14.8. The van der Waals surface area contributed by atoms with Crippen LogP contribution in [-0.2, 0) is 11.3 Å². The normalized spacial score (nSPS) is 10.7. The molecule has 0 amide bonds. The first-order valence-electron chi connectivity index (χ1n) is 6.72. The second kappa shape index (κ2) is 7.89. The highest BCUT2D eigenvalue weighted by Gasteiger charge is 2.10. The third kappa shape index (κ3) is 4.40. The van der Waals surface area contributed by atoms with E-state index in [4.69, 9.17) is 4.74 Å². The van der Waals surface area contributed by atoms with Crippen molar-refractivity contribution in [3.63, 3.8) is 0 Å². The molecule has 2 aromatic rings. The number of hydrogen-bond acceptors (Lipinski definition) is 6. The Kier molecular flexibility index (Phi) is 5.90. The molecule has 1 aromatic heterocycles. The first-order valence-corrected chi connectivity index (χ1v) is 7.80. The summed E-state index contributed by atoms with van der Waals surface area (Å²) in [5.41, 5.74) is 5.57. The van der Waals surface area contributed by atoms with E-state index >= 15 is 0 Å². The van der Waals surface area contributed by atoms with Crippen molar-refractivity contribution in [1.29, 1.82) is 5.26 Å². The number of methoxy groups -OCH3 is 1. The summed E-state index contributed by atoms with van der Waals surface area (Å²) in [4.78, 5) is 4.31. The summed E-state index contributed by atoms with van der Waals surface area (Å²) in [6.45, 7) is 2.18. The van der Waals surface area contributed by atoms with Gasteiger partial charge in [-0.2, -0.15) is 10.4 Å². The van der Waals surface area contributed by atoms with Gasteiger partial charge in [0.15, 0.2) is 5.82 Å². The summed E-state index contributed by atoms with van der Waals surface area (Å²) < 4.78 is 5.85. The lowest BCUT2D eigenvalue weighted by Crippen LogP contribution is -2.03. The number of halogens is 1. The van der Waals surface area contributed by atoms with E-state index < -0.39 is 0 Å². The standard InChI is InChI=1S/C16H15IN4O2/c1-10-5-12(9-23-2)13(7-18)16(20-10)21-19-8-11-3-4-15(22)14(17)6-11/h3-6,8,22H,9H2,1-2H3,(H,20,21). The third-order valence-electron chi connectivity index (χ3n) is 3.00. The van der Waals surface area contributed by atoms with Crippen LogP contribution in [0, 0.1) is 21.8 Å². The van der Waals surface area contributed by atoms with Crippen molar-refractivity contribution in [1.82, 2.24) is 4.98 Å². The molecule has 1 aromatic carbocycles. The zero-order chi connectivity index (χ0) is 16.8. The largest absolute Gasteiger partial charge is 0.507 e. The smallest absolute Gasteiger partial charge is 0.164 e. The van der Waals surface area contributed by atoms with Crippen LogP contribution in [0.4, 0.5) is 5.82 Å². The van der Waals surface area contributed by atoms with Gasteiger partial charge in [0.05, 0.1) is 16.4 Å². The van der Waals surface area contributed by atoms with Crippen LogP contribution in [0.2, 0.25) is 0 Å². The minimum atomic E-state index is 0.229. The van der Waals surface area contributed by atoms with Crippen LogP contribution in [-0.4, -0.2) is 23.4 Å². The molecule has 0 aliphatic rings. The van der Waals surface area contributed by atoms with Gasteiger partial charge in [0.1, 0.15) is 17.4 Å². The Bertz CT molecular complexity index is 784. The Morgan fingerprint density at radius 2 is 2.26 bits per heavy atom. The van der Waals surface area contributed by atoms with Gasteiger partial charge in [0, 0.05) is 18.4 Å². The van der Waals surface area contributed by atoms with E-state index in [1.165, 1.54) is 0 Å². The van der Waals surface area contributed by atoms with Crippen molar-refractivity contribution in [2.45, 2.75) is 13.5 Å². The van der Waals surface area contributed by atoms with Crippen molar-refractivity contribution in [2.75, 3.05) is 12.5 Å². The van der Waals surface area contributed by atoms with Crippen LogP contribution in [0.15, 0.2) is 29.4 Å². The molecule has 0 saturated carbocycles. The van der Waals surface area contributed by atoms with Crippen molar-refractivity contribution in [3.8, 4) is 11.8 Å². The number of phenolic OH excluding ortho intramolecular Hbond substituents is 1. The quantitative estimate of drug-likeness (QED) is 0.439. The van der Waals surface area contributed by atoms with E-state index in [0.29, 0.717) is 18.0 Å². The number of pyridine rings is 1. The number of aromatic nitrogens is 1. The number of ether oxygens (including phenoxy) is 1. The van der Waals surface area contributed by atoms with Gasteiger partial charge in [-0.3, -0.25) is 5.43 Å². The van der Waals surface area contributed by atoms with Gasteiger partial charge in [0.2, 0.25) is 0 Å². The first kappa shape index (κ1) is 17.2.